The zero-order chi connectivity index (χ0) is 25.7. The summed E-state index contributed by atoms with van der Waals surface area (Å²) in [6, 6.07) is 16.7. The molecule has 0 amide bonds. The van der Waals surface area contributed by atoms with Crippen molar-refractivity contribution < 1.29 is 17.9 Å². The lowest BCUT2D eigenvalue weighted by Gasteiger charge is -2.36. The molecule has 0 aliphatic carbocycles. The second-order valence-corrected chi connectivity index (χ2v) is 11.3. The first-order valence-electron chi connectivity index (χ1n) is 11.8. The van der Waals surface area contributed by atoms with Crippen molar-refractivity contribution in [1.82, 2.24) is 14.2 Å². The van der Waals surface area contributed by atoms with Gasteiger partial charge in [0.05, 0.1) is 6.61 Å². The van der Waals surface area contributed by atoms with Crippen molar-refractivity contribution in [2.45, 2.75) is 18.4 Å². The molecule has 10 heteroatoms. The van der Waals surface area contributed by atoms with E-state index >= 15 is 0 Å². The fraction of sp³-hybridized carbons (Fsp3) is 0.346. The van der Waals surface area contributed by atoms with E-state index in [4.69, 9.17) is 21.1 Å². The van der Waals surface area contributed by atoms with Crippen LogP contribution in [-0.4, -0.2) is 69.5 Å². The molecule has 0 atom stereocenters. The van der Waals surface area contributed by atoms with Crippen molar-refractivity contribution in [3.05, 3.63) is 71.4 Å². The second-order valence-electron chi connectivity index (χ2n) is 8.68. The minimum absolute atomic E-state index is 0.0820. The van der Waals surface area contributed by atoms with Crippen LogP contribution in [0.5, 0.6) is 17.2 Å². The first-order valence-corrected chi connectivity index (χ1v) is 13.6. The van der Waals surface area contributed by atoms with E-state index in [1.54, 1.807) is 18.2 Å². The van der Waals surface area contributed by atoms with Gasteiger partial charge < -0.3 is 14.4 Å². The molecular formula is C26H31ClN4O4S. The molecule has 0 N–H and O–H groups in total. The van der Waals surface area contributed by atoms with Crippen LogP contribution in [0, 0.1) is 0 Å². The third kappa shape index (κ3) is 6.28. The molecule has 1 aliphatic heterocycles. The van der Waals surface area contributed by atoms with Crippen LogP contribution in [0.25, 0.3) is 0 Å². The maximum Gasteiger partial charge on any atom is 0.244 e. The van der Waals surface area contributed by atoms with Gasteiger partial charge >= 0.3 is 0 Å². The summed E-state index contributed by atoms with van der Waals surface area (Å²) < 4.78 is 38.4. The predicted molar refractivity (Wildman–Crippen MR) is 142 cm³/mol. The number of pyridine rings is 1. The molecule has 2 heterocycles. The number of piperazine rings is 1. The van der Waals surface area contributed by atoms with E-state index in [0.29, 0.717) is 23.9 Å². The molecular weight excluding hydrogens is 500 g/mol. The molecule has 1 fully saturated rings. The number of nitrogens with zero attached hydrogens (tertiary/aromatic N) is 4. The fourth-order valence-electron chi connectivity index (χ4n) is 3.95. The number of halogens is 1. The van der Waals surface area contributed by atoms with Crippen molar-refractivity contribution >= 4 is 27.4 Å². The molecule has 3 aromatic rings. The molecule has 0 unspecified atom stereocenters. The monoisotopic (exact) mass is 530 g/mol. The maximum absolute atomic E-state index is 12.8. The number of ether oxygens (including phenoxy) is 2. The van der Waals surface area contributed by atoms with Crippen molar-refractivity contribution in [2.75, 3.05) is 51.8 Å². The first-order chi connectivity index (χ1) is 17.3. The van der Waals surface area contributed by atoms with E-state index in [2.05, 4.69) is 14.8 Å². The Balaban J connectivity index is 1.54. The number of benzene rings is 2. The van der Waals surface area contributed by atoms with Gasteiger partial charge in [-0.15, -0.1) is 0 Å². The van der Waals surface area contributed by atoms with Crippen LogP contribution in [0.3, 0.4) is 0 Å². The van der Waals surface area contributed by atoms with Gasteiger partial charge in [0.15, 0.2) is 11.6 Å². The molecule has 0 saturated carbocycles. The standard InChI is InChI=1S/C26H31ClN4O4S/c1-4-34-22-9-11-23(12-10-22)35-25-17-24(36(32,33)29(2)3)18-28-26(25)31-15-13-30(14-16-31)19-20-5-7-21(27)8-6-20/h5-12,17-18H,4,13-16,19H2,1-3H3. The summed E-state index contributed by atoms with van der Waals surface area (Å²) in [5.74, 6) is 2.33. The van der Waals surface area contributed by atoms with Crippen LogP contribution in [0.1, 0.15) is 12.5 Å². The quantitative estimate of drug-likeness (QED) is 0.403. The molecule has 0 bridgehead atoms. The van der Waals surface area contributed by atoms with Gasteiger partial charge in [-0.2, -0.15) is 0 Å². The smallest absolute Gasteiger partial charge is 0.244 e. The zero-order valence-electron chi connectivity index (χ0n) is 20.7. The Kier molecular flexibility index (Phi) is 8.35. The predicted octanol–water partition coefficient (Wildman–Crippen LogP) is 4.50. The number of hydrogen-bond acceptors (Lipinski definition) is 7. The van der Waals surface area contributed by atoms with Crippen LogP contribution in [0.15, 0.2) is 65.7 Å². The van der Waals surface area contributed by atoms with Crippen LogP contribution in [0.4, 0.5) is 5.82 Å². The molecule has 1 aromatic heterocycles. The molecule has 36 heavy (non-hydrogen) atoms. The number of rotatable bonds is 9. The number of hydrogen-bond donors (Lipinski definition) is 0. The van der Waals surface area contributed by atoms with Gasteiger partial charge in [-0.25, -0.2) is 17.7 Å². The molecule has 8 nitrogen and oxygen atoms in total. The highest BCUT2D eigenvalue weighted by atomic mass is 35.5. The Morgan fingerprint density at radius 3 is 2.22 bits per heavy atom. The third-order valence-corrected chi connectivity index (χ3v) is 7.97. The van der Waals surface area contributed by atoms with Gasteiger partial charge in [0.2, 0.25) is 10.0 Å². The molecule has 2 aromatic carbocycles. The highest BCUT2D eigenvalue weighted by Gasteiger charge is 2.25. The van der Waals surface area contributed by atoms with Gasteiger partial charge in [-0.1, -0.05) is 23.7 Å². The SMILES string of the molecule is CCOc1ccc(Oc2cc(S(=O)(=O)N(C)C)cnc2N2CCN(Cc3ccc(Cl)cc3)CC2)cc1. The van der Waals surface area contributed by atoms with E-state index in [1.165, 1.54) is 30.2 Å². The second kappa shape index (κ2) is 11.5. The van der Waals surface area contributed by atoms with Crippen LogP contribution in [0.2, 0.25) is 5.02 Å². The van der Waals surface area contributed by atoms with Crippen molar-refractivity contribution in [2.24, 2.45) is 0 Å². The molecule has 4 rings (SSSR count). The summed E-state index contributed by atoms with van der Waals surface area (Å²) in [6.45, 7) is 6.49. The number of anilines is 1. The molecule has 0 spiro atoms. The molecule has 1 saturated heterocycles. The summed E-state index contributed by atoms with van der Waals surface area (Å²) in [5.41, 5.74) is 1.21. The van der Waals surface area contributed by atoms with Gasteiger partial charge in [0.25, 0.3) is 0 Å². The van der Waals surface area contributed by atoms with Crippen molar-refractivity contribution in [3.8, 4) is 17.2 Å². The Morgan fingerprint density at radius 2 is 1.61 bits per heavy atom. The van der Waals surface area contributed by atoms with Crippen molar-refractivity contribution in [3.63, 3.8) is 0 Å². The minimum atomic E-state index is -3.67. The summed E-state index contributed by atoms with van der Waals surface area (Å²) >= 11 is 6.01. The summed E-state index contributed by atoms with van der Waals surface area (Å²) in [7, 11) is -0.673. The first kappa shape index (κ1) is 26.2. The maximum atomic E-state index is 12.8. The van der Waals surface area contributed by atoms with E-state index in [9.17, 15) is 8.42 Å². The van der Waals surface area contributed by atoms with Crippen LogP contribution < -0.4 is 14.4 Å². The number of aromatic nitrogens is 1. The van der Waals surface area contributed by atoms with Crippen LogP contribution >= 0.6 is 11.6 Å². The minimum Gasteiger partial charge on any atom is -0.494 e. The molecule has 0 radical (unpaired) electrons. The lowest BCUT2D eigenvalue weighted by Crippen LogP contribution is -2.46. The number of sulfonamides is 1. The lowest BCUT2D eigenvalue weighted by atomic mass is 10.2. The Morgan fingerprint density at radius 1 is 0.972 bits per heavy atom. The van der Waals surface area contributed by atoms with Gasteiger partial charge in [0, 0.05) is 64.1 Å². The fourth-order valence-corrected chi connectivity index (χ4v) is 4.94. The highest BCUT2D eigenvalue weighted by molar-refractivity contribution is 7.89. The van der Waals surface area contributed by atoms with E-state index in [1.807, 2.05) is 43.3 Å². The van der Waals surface area contributed by atoms with E-state index in [0.717, 1.165) is 43.5 Å². The lowest BCUT2D eigenvalue weighted by molar-refractivity contribution is 0.248. The summed E-state index contributed by atoms with van der Waals surface area (Å²) in [6.07, 6.45) is 1.40. The molecule has 192 valence electrons. The third-order valence-electron chi connectivity index (χ3n) is 5.94. The summed E-state index contributed by atoms with van der Waals surface area (Å²) in [4.78, 5) is 9.14. The largest absolute Gasteiger partial charge is 0.494 e. The van der Waals surface area contributed by atoms with E-state index in [-0.39, 0.29) is 4.90 Å². The Hall–Kier alpha value is -2.85. The molecule has 1 aliphatic rings. The average Bonchev–Trinajstić information content (AvgIpc) is 2.87. The van der Waals surface area contributed by atoms with Crippen molar-refractivity contribution in [1.29, 1.82) is 0 Å². The normalized spacial score (nSPS) is 14.8. The van der Waals surface area contributed by atoms with E-state index < -0.39 is 10.0 Å². The highest BCUT2D eigenvalue weighted by Crippen LogP contribution is 2.34. The van der Waals surface area contributed by atoms with Crippen LogP contribution in [-0.2, 0) is 16.6 Å². The zero-order valence-corrected chi connectivity index (χ0v) is 22.3. The van der Waals surface area contributed by atoms with Gasteiger partial charge in [0.1, 0.15) is 16.4 Å². The summed E-state index contributed by atoms with van der Waals surface area (Å²) in [5, 5.41) is 0.731. The average molecular weight is 531 g/mol. The van der Waals surface area contributed by atoms with Gasteiger partial charge in [-0.3, -0.25) is 4.90 Å². The Bertz CT molecular complexity index is 1260. The van der Waals surface area contributed by atoms with Gasteiger partial charge in [-0.05, 0) is 48.9 Å². The topological polar surface area (TPSA) is 75.2 Å². The Labute approximate surface area is 218 Å².